The number of methoxy groups -OCH3 is 1. The van der Waals surface area contributed by atoms with E-state index in [9.17, 15) is 13.2 Å². The van der Waals surface area contributed by atoms with Crippen LogP contribution in [0, 0.1) is 0 Å². The molecule has 1 unspecified atom stereocenters. The Morgan fingerprint density at radius 1 is 0.977 bits per heavy atom. The van der Waals surface area contributed by atoms with Crippen molar-refractivity contribution in [3.8, 4) is 11.5 Å². The topological polar surface area (TPSA) is 43.0 Å². The summed E-state index contributed by atoms with van der Waals surface area (Å²) >= 11 is 0. The molecule has 238 valence electrons. The first-order chi connectivity index (χ1) is 20.6. The summed E-state index contributed by atoms with van der Waals surface area (Å²) in [5.74, 6) is 2.28. The molecule has 1 N–H and O–H groups in total. The third-order valence-corrected chi connectivity index (χ3v) is 7.88. The minimum absolute atomic E-state index is 0. The second-order valence-corrected chi connectivity index (χ2v) is 11.3. The largest absolute Gasteiger partial charge is 0.497 e. The summed E-state index contributed by atoms with van der Waals surface area (Å²) in [5.41, 5.74) is 8.24. The van der Waals surface area contributed by atoms with Gasteiger partial charge in [0.25, 0.3) is 0 Å². The van der Waals surface area contributed by atoms with Crippen molar-refractivity contribution in [2.24, 2.45) is 0 Å². The van der Waals surface area contributed by atoms with E-state index in [0.717, 1.165) is 63.4 Å². The Hall–Kier alpha value is -2.80. The fraction of sp³-hybridized carbons (Fsp3) is 0.471. The molecule has 3 aromatic rings. The highest BCUT2D eigenvalue weighted by atomic mass is 31.1. The first kappa shape index (κ1) is 34.7. The standard InChI is InChI=1S/C32H43N2O3P.C2H3F3.H2/c1-5-33-18-17-24-7-9-25(10-8-24)22-34(6-2)32-21-29(35-3)15-16-31(32)28-12-11-27-20-30(36-23-37-38-4)14-13-26(27)19-28;1-2(3,4)5;/h7-10,13-16,20-21,28,33,38H,5-6,11-12,17-19,22-23H2,1-4H3;1H3;1H/t28-;;/m1../s1. The second kappa shape index (κ2) is 17.5. The van der Waals surface area contributed by atoms with Gasteiger partial charge >= 0.3 is 6.18 Å². The third kappa shape index (κ3) is 11.7. The van der Waals surface area contributed by atoms with Gasteiger partial charge in [-0.05, 0) is 104 Å². The summed E-state index contributed by atoms with van der Waals surface area (Å²) < 4.78 is 47.9. The Morgan fingerprint density at radius 3 is 2.33 bits per heavy atom. The Morgan fingerprint density at radius 2 is 1.67 bits per heavy atom. The van der Waals surface area contributed by atoms with Gasteiger partial charge < -0.3 is 24.2 Å². The van der Waals surface area contributed by atoms with Gasteiger partial charge in [0.15, 0.2) is 6.79 Å². The molecule has 0 spiro atoms. The number of alkyl halides is 3. The molecule has 0 aliphatic heterocycles. The van der Waals surface area contributed by atoms with Crippen molar-refractivity contribution >= 4 is 14.5 Å². The molecule has 0 amide bonds. The van der Waals surface area contributed by atoms with Gasteiger partial charge in [0, 0.05) is 42.0 Å². The molecule has 4 rings (SSSR count). The summed E-state index contributed by atoms with van der Waals surface area (Å²) in [5, 5.41) is 3.41. The van der Waals surface area contributed by atoms with Gasteiger partial charge in [-0.1, -0.05) is 43.3 Å². The molecule has 3 aromatic carbocycles. The Bertz CT molecular complexity index is 1260. The first-order valence-electron chi connectivity index (χ1n) is 15.0. The monoisotopic (exact) mass is 620 g/mol. The molecule has 43 heavy (non-hydrogen) atoms. The normalized spacial score (nSPS) is 14.7. The van der Waals surface area contributed by atoms with Gasteiger partial charge in [-0.2, -0.15) is 13.2 Å². The van der Waals surface area contributed by atoms with E-state index in [1.807, 2.05) is 6.66 Å². The molecule has 5 nitrogen and oxygen atoms in total. The van der Waals surface area contributed by atoms with E-state index in [1.54, 1.807) is 7.11 Å². The number of hydrogen-bond acceptors (Lipinski definition) is 5. The highest BCUT2D eigenvalue weighted by Crippen LogP contribution is 2.40. The van der Waals surface area contributed by atoms with Crippen LogP contribution in [0.3, 0.4) is 0 Å². The van der Waals surface area contributed by atoms with Gasteiger partial charge in [0.2, 0.25) is 0 Å². The van der Waals surface area contributed by atoms with E-state index in [-0.39, 0.29) is 8.35 Å². The zero-order valence-electron chi connectivity index (χ0n) is 26.0. The van der Waals surface area contributed by atoms with Crippen LogP contribution in [0.2, 0.25) is 0 Å². The molecule has 9 heteroatoms. The molecule has 0 saturated heterocycles. The second-order valence-electron chi connectivity index (χ2n) is 10.6. The van der Waals surface area contributed by atoms with E-state index in [1.165, 1.54) is 33.5 Å². The lowest BCUT2D eigenvalue weighted by Gasteiger charge is -2.32. The third-order valence-electron chi connectivity index (χ3n) is 7.47. The average molecular weight is 621 g/mol. The van der Waals surface area contributed by atoms with Gasteiger partial charge in [0.05, 0.1) is 7.11 Å². The lowest BCUT2D eigenvalue weighted by Crippen LogP contribution is -2.25. The molecule has 0 heterocycles. The number of nitrogens with one attached hydrogen (secondary N) is 1. The van der Waals surface area contributed by atoms with Gasteiger partial charge in [-0.25, -0.2) is 0 Å². The quantitative estimate of drug-likeness (QED) is 0.111. The van der Waals surface area contributed by atoms with E-state index >= 15 is 0 Å². The lowest BCUT2D eigenvalue weighted by molar-refractivity contribution is -0.110. The highest BCUT2D eigenvalue weighted by molar-refractivity contribution is 7.31. The number of benzene rings is 3. The Balaban J connectivity index is 0.00000104. The summed E-state index contributed by atoms with van der Waals surface area (Å²) in [6.07, 6.45) is 0.287. The van der Waals surface area contributed by atoms with Crippen LogP contribution in [0.1, 0.15) is 62.4 Å². The van der Waals surface area contributed by atoms with Crippen LogP contribution in [-0.2, 0) is 30.3 Å². The molecular formula is C34H48F3N2O3P. The molecule has 1 aliphatic rings. The number of halogens is 3. The predicted octanol–water partition coefficient (Wildman–Crippen LogP) is 8.54. The number of nitrogens with zero attached hydrogens (tertiary/aromatic N) is 1. The van der Waals surface area contributed by atoms with Crippen molar-refractivity contribution in [3.63, 3.8) is 0 Å². The molecule has 0 fully saturated rings. The van der Waals surface area contributed by atoms with Crippen LogP contribution in [0.5, 0.6) is 11.5 Å². The Labute approximate surface area is 258 Å². The van der Waals surface area contributed by atoms with Crippen LogP contribution < -0.4 is 19.7 Å². The summed E-state index contributed by atoms with van der Waals surface area (Å²) in [6.45, 7) is 10.8. The SMILES string of the molecule is CC(F)(F)F.CCNCCc1ccc(CN(CC)c2cc(OC)ccc2[C@@H]2CCc3cc(OCOPC)ccc3C2)cc1.[HH]. The number of aryl methyl sites for hydroxylation is 1. The van der Waals surface area contributed by atoms with Crippen molar-refractivity contribution in [1.82, 2.24) is 5.32 Å². The first-order valence-corrected chi connectivity index (χ1v) is 16.4. The zero-order chi connectivity index (χ0) is 31.2. The van der Waals surface area contributed by atoms with Crippen molar-refractivity contribution in [3.05, 3.63) is 88.5 Å². The molecule has 2 atom stereocenters. The van der Waals surface area contributed by atoms with Gasteiger partial charge in [-0.15, -0.1) is 0 Å². The fourth-order valence-electron chi connectivity index (χ4n) is 5.32. The number of fused-ring (bicyclic) bond motifs is 1. The molecule has 0 bridgehead atoms. The number of ether oxygens (including phenoxy) is 2. The fourth-order valence-corrected chi connectivity index (χ4v) is 5.50. The average Bonchev–Trinajstić information content (AvgIpc) is 2.99. The molecular weight excluding hydrogens is 572 g/mol. The lowest BCUT2D eigenvalue weighted by atomic mass is 9.79. The Kier molecular flexibility index (Phi) is 14.1. The van der Waals surface area contributed by atoms with Crippen LogP contribution in [-0.4, -0.2) is 46.4 Å². The van der Waals surface area contributed by atoms with Crippen molar-refractivity contribution in [2.45, 2.75) is 65.1 Å². The summed E-state index contributed by atoms with van der Waals surface area (Å²) in [7, 11) is 2.19. The van der Waals surface area contributed by atoms with Crippen molar-refractivity contribution in [1.29, 1.82) is 0 Å². The summed E-state index contributed by atoms with van der Waals surface area (Å²) in [6, 6.07) is 22.3. The summed E-state index contributed by atoms with van der Waals surface area (Å²) in [4.78, 5) is 2.49. The predicted molar refractivity (Wildman–Crippen MR) is 174 cm³/mol. The van der Waals surface area contributed by atoms with E-state index in [4.69, 9.17) is 14.0 Å². The number of likely N-dealkylation sites (N-methyl/N-ethyl adjacent to an activating group) is 1. The smallest absolute Gasteiger partial charge is 0.386 e. The number of hydrogen-bond donors (Lipinski definition) is 1. The van der Waals surface area contributed by atoms with E-state index in [0.29, 0.717) is 21.5 Å². The van der Waals surface area contributed by atoms with Gasteiger partial charge in [-0.3, -0.25) is 0 Å². The van der Waals surface area contributed by atoms with Crippen LogP contribution in [0.25, 0.3) is 0 Å². The molecule has 1 aliphatic carbocycles. The molecule has 0 aromatic heterocycles. The van der Waals surface area contributed by atoms with E-state index in [2.05, 4.69) is 84.7 Å². The maximum Gasteiger partial charge on any atom is 0.386 e. The number of rotatable bonds is 14. The molecule has 0 radical (unpaired) electrons. The van der Waals surface area contributed by atoms with Gasteiger partial charge in [0.1, 0.15) is 11.5 Å². The van der Waals surface area contributed by atoms with E-state index < -0.39 is 6.18 Å². The van der Waals surface area contributed by atoms with Crippen molar-refractivity contribution < 1.29 is 28.6 Å². The van der Waals surface area contributed by atoms with Crippen LogP contribution in [0.15, 0.2) is 60.7 Å². The van der Waals surface area contributed by atoms with Crippen molar-refractivity contribution in [2.75, 3.05) is 45.1 Å². The zero-order valence-corrected chi connectivity index (χ0v) is 27.0. The van der Waals surface area contributed by atoms with Crippen LogP contribution in [0.4, 0.5) is 18.9 Å². The maximum absolute atomic E-state index is 10.4. The van der Waals surface area contributed by atoms with Crippen LogP contribution >= 0.6 is 8.81 Å². The number of anilines is 1. The highest BCUT2D eigenvalue weighted by Gasteiger charge is 2.25. The minimum Gasteiger partial charge on any atom is -0.497 e. The maximum atomic E-state index is 10.4. The molecule has 0 saturated carbocycles. The minimum atomic E-state index is -4.00.